The van der Waals surface area contributed by atoms with Crippen LogP contribution in [0.3, 0.4) is 0 Å². The summed E-state index contributed by atoms with van der Waals surface area (Å²) < 4.78 is 31.4. The summed E-state index contributed by atoms with van der Waals surface area (Å²) in [6.07, 6.45) is -0.105. The Balaban J connectivity index is 2.76. The Bertz CT molecular complexity index is 322. The van der Waals surface area contributed by atoms with Gasteiger partial charge < -0.3 is 10.1 Å². The monoisotopic (exact) mass is 229 g/mol. The summed E-state index contributed by atoms with van der Waals surface area (Å²) >= 11 is 0. The molecule has 1 N–H and O–H groups in total. The summed E-state index contributed by atoms with van der Waals surface area (Å²) in [4.78, 5) is 0. The molecule has 2 nitrogen and oxygen atoms in total. The van der Waals surface area contributed by atoms with Crippen LogP contribution in [0.4, 0.5) is 8.78 Å². The molecule has 0 radical (unpaired) electrons. The van der Waals surface area contributed by atoms with Gasteiger partial charge in [0.15, 0.2) is 0 Å². The second kappa shape index (κ2) is 5.80. The fourth-order valence-electron chi connectivity index (χ4n) is 1.39. The molecule has 16 heavy (non-hydrogen) atoms. The van der Waals surface area contributed by atoms with E-state index in [4.69, 9.17) is 4.74 Å². The molecule has 1 rings (SSSR count). The molecule has 4 heteroatoms. The molecule has 1 unspecified atom stereocenters. The predicted octanol–water partition coefficient (Wildman–Crippen LogP) is 2.59. The van der Waals surface area contributed by atoms with E-state index in [0.717, 1.165) is 6.07 Å². The van der Waals surface area contributed by atoms with Crippen molar-refractivity contribution in [1.82, 2.24) is 5.32 Å². The maximum Gasteiger partial charge on any atom is 0.129 e. The maximum atomic E-state index is 12.9. The van der Waals surface area contributed by atoms with Crippen LogP contribution in [0.2, 0.25) is 0 Å². The van der Waals surface area contributed by atoms with Crippen LogP contribution in [0.1, 0.15) is 13.8 Å². The Hall–Kier alpha value is -1.16. The number of rotatable bonds is 5. The highest BCUT2D eigenvalue weighted by Crippen LogP contribution is 2.18. The average Bonchev–Trinajstić information content (AvgIpc) is 2.15. The van der Waals surface area contributed by atoms with Gasteiger partial charge in [0, 0.05) is 24.7 Å². The number of hydrogen-bond acceptors (Lipinski definition) is 2. The number of hydrogen-bond donors (Lipinski definition) is 1. The van der Waals surface area contributed by atoms with Crippen molar-refractivity contribution in [3.05, 3.63) is 29.8 Å². The molecule has 0 aromatic heterocycles. The van der Waals surface area contributed by atoms with E-state index >= 15 is 0 Å². The van der Waals surface area contributed by atoms with Crippen LogP contribution in [-0.2, 0) is 0 Å². The molecule has 0 fully saturated rings. The molecule has 0 bridgehead atoms. The van der Waals surface area contributed by atoms with E-state index in [1.54, 1.807) is 0 Å². The Kier molecular flexibility index (Phi) is 4.68. The molecule has 1 aromatic carbocycles. The molecule has 0 amide bonds. The number of ether oxygens (including phenoxy) is 1. The third-order valence-electron chi connectivity index (χ3n) is 2.27. The molecule has 0 aliphatic heterocycles. The van der Waals surface area contributed by atoms with Crippen LogP contribution in [0.5, 0.6) is 5.75 Å². The second-order valence-electron chi connectivity index (χ2n) is 4.06. The second-order valence-corrected chi connectivity index (χ2v) is 4.06. The van der Waals surface area contributed by atoms with Gasteiger partial charge in [0.25, 0.3) is 0 Å². The number of likely N-dealkylation sites (N-methyl/N-ethyl adjacent to an activating group) is 1. The van der Waals surface area contributed by atoms with Gasteiger partial charge in [0.05, 0.1) is 0 Å². The van der Waals surface area contributed by atoms with Crippen molar-refractivity contribution in [2.75, 3.05) is 13.6 Å². The molecule has 1 aromatic rings. The predicted molar refractivity (Wildman–Crippen MR) is 59.5 cm³/mol. The van der Waals surface area contributed by atoms with E-state index in [2.05, 4.69) is 5.32 Å². The number of benzene rings is 1. The summed E-state index contributed by atoms with van der Waals surface area (Å²) in [5.74, 6) is -0.755. The van der Waals surface area contributed by atoms with Crippen molar-refractivity contribution >= 4 is 0 Å². The lowest BCUT2D eigenvalue weighted by atomic mass is 10.1. The SMILES string of the molecule is CNCC(Oc1cc(F)cc(F)c1)C(C)C. The minimum Gasteiger partial charge on any atom is -0.489 e. The highest BCUT2D eigenvalue weighted by Gasteiger charge is 2.15. The van der Waals surface area contributed by atoms with Gasteiger partial charge >= 0.3 is 0 Å². The first-order valence-electron chi connectivity index (χ1n) is 5.30. The van der Waals surface area contributed by atoms with E-state index in [1.165, 1.54) is 12.1 Å². The van der Waals surface area contributed by atoms with Crippen LogP contribution in [0.15, 0.2) is 18.2 Å². The standard InChI is InChI=1S/C12H17F2NO/c1-8(2)12(7-15-3)16-11-5-9(13)4-10(14)6-11/h4-6,8,12,15H,7H2,1-3H3. The van der Waals surface area contributed by atoms with Crippen molar-refractivity contribution in [2.24, 2.45) is 5.92 Å². The number of nitrogens with one attached hydrogen (secondary N) is 1. The van der Waals surface area contributed by atoms with Gasteiger partial charge in [-0.2, -0.15) is 0 Å². The minimum atomic E-state index is -0.623. The van der Waals surface area contributed by atoms with Crippen molar-refractivity contribution < 1.29 is 13.5 Å². The molecule has 0 aliphatic rings. The summed E-state index contributed by atoms with van der Waals surface area (Å²) in [7, 11) is 1.81. The third-order valence-corrected chi connectivity index (χ3v) is 2.27. The van der Waals surface area contributed by atoms with E-state index in [9.17, 15) is 8.78 Å². The topological polar surface area (TPSA) is 21.3 Å². The lowest BCUT2D eigenvalue weighted by Gasteiger charge is -2.22. The quantitative estimate of drug-likeness (QED) is 0.838. The summed E-state index contributed by atoms with van der Waals surface area (Å²) in [6, 6.07) is 3.21. The zero-order chi connectivity index (χ0) is 12.1. The Morgan fingerprint density at radius 1 is 1.19 bits per heavy atom. The molecular weight excluding hydrogens is 212 g/mol. The van der Waals surface area contributed by atoms with Crippen LogP contribution < -0.4 is 10.1 Å². The Labute approximate surface area is 94.6 Å². The maximum absolute atomic E-state index is 12.9. The van der Waals surface area contributed by atoms with E-state index in [1.807, 2.05) is 20.9 Å². The zero-order valence-corrected chi connectivity index (χ0v) is 9.76. The molecule has 0 spiro atoms. The molecular formula is C12H17F2NO. The van der Waals surface area contributed by atoms with Gasteiger partial charge in [-0.05, 0) is 13.0 Å². The molecule has 90 valence electrons. The van der Waals surface area contributed by atoms with Crippen LogP contribution in [0.25, 0.3) is 0 Å². The largest absolute Gasteiger partial charge is 0.489 e. The summed E-state index contributed by atoms with van der Waals surface area (Å²) in [5, 5.41) is 2.99. The third kappa shape index (κ3) is 3.77. The van der Waals surface area contributed by atoms with Gasteiger partial charge in [-0.3, -0.25) is 0 Å². The van der Waals surface area contributed by atoms with Gasteiger partial charge in [-0.15, -0.1) is 0 Å². The van der Waals surface area contributed by atoms with Gasteiger partial charge in [-0.25, -0.2) is 8.78 Å². The van der Waals surface area contributed by atoms with E-state index < -0.39 is 11.6 Å². The van der Waals surface area contributed by atoms with Gasteiger partial charge in [0.2, 0.25) is 0 Å². The molecule has 0 heterocycles. The molecule has 0 saturated carbocycles. The first-order chi connectivity index (χ1) is 7.52. The number of halogens is 2. The van der Waals surface area contributed by atoms with Crippen molar-refractivity contribution in [1.29, 1.82) is 0 Å². The summed E-state index contributed by atoms with van der Waals surface area (Å²) in [5.41, 5.74) is 0. The van der Waals surface area contributed by atoms with E-state index in [-0.39, 0.29) is 17.8 Å². The first kappa shape index (κ1) is 12.9. The zero-order valence-electron chi connectivity index (χ0n) is 9.76. The minimum absolute atomic E-state index is 0.105. The molecule has 0 saturated heterocycles. The highest BCUT2D eigenvalue weighted by atomic mass is 19.1. The summed E-state index contributed by atoms with van der Waals surface area (Å²) in [6.45, 7) is 4.63. The molecule has 1 atom stereocenters. The van der Waals surface area contributed by atoms with Crippen LogP contribution in [-0.4, -0.2) is 19.7 Å². The van der Waals surface area contributed by atoms with Crippen LogP contribution >= 0.6 is 0 Å². The van der Waals surface area contributed by atoms with Gasteiger partial charge in [0.1, 0.15) is 23.5 Å². The Morgan fingerprint density at radius 2 is 1.75 bits per heavy atom. The van der Waals surface area contributed by atoms with Gasteiger partial charge in [-0.1, -0.05) is 13.8 Å². The fourth-order valence-corrected chi connectivity index (χ4v) is 1.39. The van der Waals surface area contributed by atoms with Crippen molar-refractivity contribution in [3.63, 3.8) is 0 Å². The highest BCUT2D eigenvalue weighted by molar-refractivity contribution is 5.24. The lowest BCUT2D eigenvalue weighted by Crippen LogP contribution is -2.33. The smallest absolute Gasteiger partial charge is 0.129 e. The first-order valence-corrected chi connectivity index (χ1v) is 5.30. The lowest BCUT2D eigenvalue weighted by molar-refractivity contribution is 0.150. The van der Waals surface area contributed by atoms with Crippen molar-refractivity contribution in [3.8, 4) is 5.75 Å². The Morgan fingerprint density at radius 3 is 2.19 bits per heavy atom. The van der Waals surface area contributed by atoms with Crippen LogP contribution in [0, 0.1) is 17.6 Å². The normalized spacial score (nSPS) is 12.9. The van der Waals surface area contributed by atoms with Crippen molar-refractivity contribution in [2.45, 2.75) is 20.0 Å². The molecule has 0 aliphatic carbocycles. The van der Waals surface area contributed by atoms with E-state index in [0.29, 0.717) is 6.54 Å². The fraction of sp³-hybridized carbons (Fsp3) is 0.500. The average molecular weight is 229 g/mol.